The summed E-state index contributed by atoms with van der Waals surface area (Å²) in [5.41, 5.74) is 0.988. The molecule has 0 radical (unpaired) electrons. The van der Waals surface area contributed by atoms with Crippen LogP contribution >= 0.6 is 0 Å². The summed E-state index contributed by atoms with van der Waals surface area (Å²) >= 11 is 0. The van der Waals surface area contributed by atoms with Gasteiger partial charge in [-0.05, 0) is 42.9 Å². The van der Waals surface area contributed by atoms with E-state index in [9.17, 15) is 18.0 Å². The lowest BCUT2D eigenvalue weighted by Gasteiger charge is -2.39. The monoisotopic (exact) mass is 503 g/mol. The van der Waals surface area contributed by atoms with Crippen LogP contribution in [-0.2, 0) is 21.4 Å². The summed E-state index contributed by atoms with van der Waals surface area (Å²) in [5, 5.41) is 0. The minimum Gasteiger partial charge on any atom is -0.459 e. The van der Waals surface area contributed by atoms with Crippen LogP contribution in [0.4, 0.5) is 0 Å². The third-order valence-corrected chi connectivity index (χ3v) is 8.17. The molecule has 2 aromatic rings. The van der Waals surface area contributed by atoms with Crippen molar-refractivity contribution in [2.24, 2.45) is 5.92 Å². The van der Waals surface area contributed by atoms with E-state index in [0.717, 1.165) is 5.56 Å². The Labute approximate surface area is 208 Å². The van der Waals surface area contributed by atoms with E-state index in [1.807, 2.05) is 51.1 Å². The fourth-order valence-electron chi connectivity index (χ4n) is 4.45. The Morgan fingerprint density at radius 1 is 1.09 bits per heavy atom. The molecule has 1 aliphatic rings. The molecule has 35 heavy (non-hydrogen) atoms. The van der Waals surface area contributed by atoms with Crippen LogP contribution in [0, 0.1) is 5.92 Å². The van der Waals surface area contributed by atoms with Crippen molar-refractivity contribution in [3.8, 4) is 0 Å². The van der Waals surface area contributed by atoms with Crippen LogP contribution in [-0.4, -0.2) is 72.3 Å². The van der Waals surface area contributed by atoms with Crippen LogP contribution < -0.4 is 0 Å². The first-order valence-corrected chi connectivity index (χ1v) is 14.0. The second kappa shape index (κ2) is 12.4. The molecule has 0 aliphatic carbocycles. The second-order valence-electron chi connectivity index (χ2n) is 9.51. The standard InChI is InChI=1S/C26H37N3O5S/c1-4-17-35(32,33)28(18-21(2)3)20-25(30)29(19-22-9-6-5-7-10-22)23-12-14-27(15-13-23)26(31)24-11-8-16-34-24/h5-11,16,21,23H,4,12-15,17-20H2,1-3H3. The molecule has 0 saturated carbocycles. The molecule has 1 aromatic heterocycles. The Bertz CT molecular complexity index is 1050. The van der Waals surface area contributed by atoms with E-state index in [-0.39, 0.29) is 36.1 Å². The summed E-state index contributed by atoms with van der Waals surface area (Å²) in [4.78, 5) is 29.8. The molecule has 2 amide bonds. The van der Waals surface area contributed by atoms with Crippen molar-refractivity contribution in [1.82, 2.24) is 14.1 Å². The molecule has 0 bridgehead atoms. The first-order valence-electron chi connectivity index (χ1n) is 12.3. The van der Waals surface area contributed by atoms with E-state index in [1.54, 1.807) is 21.9 Å². The van der Waals surface area contributed by atoms with E-state index in [2.05, 4.69) is 0 Å². The molecule has 0 atom stereocenters. The van der Waals surface area contributed by atoms with Gasteiger partial charge < -0.3 is 14.2 Å². The highest BCUT2D eigenvalue weighted by Crippen LogP contribution is 2.22. The molecule has 8 nitrogen and oxygen atoms in total. The molecule has 0 unspecified atom stereocenters. The van der Waals surface area contributed by atoms with Gasteiger partial charge in [-0.1, -0.05) is 51.1 Å². The van der Waals surface area contributed by atoms with Gasteiger partial charge in [0.15, 0.2) is 5.76 Å². The predicted octanol–water partition coefficient (Wildman–Crippen LogP) is 3.61. The number of nitrogens with zero attached hydrogens (tertiary/aromatic N) is 3. The molecule has 9 heteroatoms. The Hall–Kier alpha value is -2.65. The predicted molar refractivity (Wildman–Crippen MR) is 135 cm³/mol. The summed E-state index contributed by atoms with van der Waals surface area (Å²) in [6.07, 6.45) is 3.23. The third kappa shape index (κ3) is 7.41. The van der Waals surface area contributed by atoms with Gasteiger partial charge in [0, 0.05) is 32.2 Å². The largest absolute Gasteiger partial charge is 0.459 e. The summed E-state index contributed by atoms with van der Waals surface area (Å²) in [6, 6.07) is 13.0. The van der Waals surface area contributed by atoms with E-state index < -0.39 is 10.0 Å². The van der Waals surface area contributed by atoms with Crippen molar-refractivity contribution in [1.29, 1.82) is 0 Å². The number of carbonyl (C=O) groups excluding carboxylic acids is 2. The van der Waals surface area contributed by atoms with Gasteiger partial charge in [-0.25, -0.2) is 8.42 Å². The fraction of sp³-hybridized carbons (Fsp3) is 0.538. The Morgan fingerprint density at radius 3 is 2.34 bits per heavy atom. The third-order valence-electron chi connectivity index (χ3n) is 6.18. The number of hydrogen-bond donors (Lipinski definition) is 0. The molecular weight excluding hydrogens is 466 g/mol. The summed E-state index contributed by atoms with van der Waals surface area (Å²) in [5.74, 6) is 0.0889. The Balaban J connectivity index is 1.76. The van der Waals surface area contributed by atoms with Crippen molar-refractivity contribution in [3.63, 3.8) is 0 Å². The lowest BCUT2D eigenvalue weighted by Crippen LogP contribution is -2.51. The highest BCUT2D eigenvalue weighted by molar-refractivity contribution is 7.89. The van der Waals surface area contributed by atoms with Crippen molar-refractivity contribution < 1.29 is 22.4 Å². The zero-order chi connectivity index (χ0) is 25.4. The smallest absolute Gasteiger partial charge is 0.289 e. The lowest BCUT2D eigenvalue weighted by molar-refractivity contribution is -0.135. The maximum absolute atomic E-state index is 13.6. The number of amides is 2. The minimum absolute atomic E-state index is 0.0268. The number of furan rings is 1. The highest BCUT2D eigenvalue weighted by Gasteiger charge is 2.33. The van der Waals surface area contributed by atoms with Gasteiger partial charge in [0.25, 0.3) is 5.91 Å². The van der Waals surface area contributed by atoms with Gasteiger partial charge in [0.1, 0.15) is 0 Å². The first kappa shape index (κ1) is 26.9. The minimum atomic E-state index is -3.52. The molecule has 0 spiro atoms. The molecule has 1 aliphatic heterocycles. The van der Waals surface area contributed by atoms with Gasteiger partial charge >= 0.3 is 0 Å². The van der Waals surface area contributed by atoms with Gasteiger partial charge in [-0.15, -0.1) is 0 Å². The summed E-state index contributed by atoms with van der Waals surface area (Å²) in [7, 11) is -3.52. The number of piperidine rings is 1. The van der Waals surface area contributed by atoms with E-state index in [1.165, 1.54) is 10.6 Å². The Kier molecular flexibility index (Phi) is 9.51. The van der Waals surface area contributed by atoms with Crippen molar-refractivity contribution >= 4 is 21.8 Å². The van der Waals surface area contributed by atoms with Gasteiger partial charge in [0.2, 0.25) is 15.9 Å². The molecule has 192 valence electrons. The second-order valence-corrected chi connectivity index (χ2v) is 11.6. The lowest BCUT2D eigenvalue weighted by atomic mass is 10.0. The zero-order valence-corrected chi connectivity index (χ0v) is 21.7. The highest BCUT2D eigenvalue weighted by atomic mass is 32.2. The average molecular weight is 504 g/mol. The molecule has 1 saturated heterocycles. The normalized spacial score (nSPS) is 15.1. The molecule has 1 fully saturated rings. The number of rotatable bonds is 11. The Morgan fingerprint density at radius 2 is 1.77 bits per heavy atom. The number of benzene rings is 1. The van der Waals surface area contributed by atoms with Crippen LogP contribution in [0.15, 0.2) is 53.1 Å². The van der Waals surface area contributed by atoms with E-state index >= 15 is 0 Å². The first-order chi connectivity index (χ1) is 16.7. The summed E-state index contributed by atoms with van der Waals surface area (Å²) < 4.78 is 32.4. The van der Waals surface area contributed by atoms with Crippen LogP contribution in [0.1, 0.15) is 56.2 Å². The van der Waals surface area contributed by atoms with Gasteiger partial charge in [-0.3, -0.25) is 9.59 Å². The quantitative estimate of drug-likeness (QED) is 0.467. The van der Waals surface area contributed by atoms with Crippen LogP contribution in [0.5, 0.6) is 0 Å². The maximum atomic E-state index is 13.6. The molecular formula is C26H37N3O5S. The summed E-state index contributed by atoms with van der Waals surface area (Å²) in [6.45, 7) is 7.28. The molecule has 0 N–H and O–H groups in total. The fourth-order valence-corrected chi connectivity index (χ4v) is 6.06. The number of carbonyl (C=O) groups is 2. The maximum Gasteiger partial charge on any atom is 0.289 e. The van der Waals surface area contributed by atoms with E-state index in [0.29, 0.717) is 51.2 Å². The SMILES string of the molecule is CCCS(=O)(=O)N(CC(=O)N(Cc1ccccc1)C1CCN(C(=O)c2ccco2)CC1)CC(C)C. The number of likely N-dealkylation sites (tertiary alicyclic amines) is 1. The molecule has 3 rings (SSSR count). The van der Waals surface area contributed by atoms with Gasteiger partial charge in [-0.2, -0.15) is 4.31 Å². The van der Waals surface area contributed by atoms with Crippen LogP contribution in [0.25, 0.3) is 0 Å². The van der Waals surface area contributed by atoms with Crippen LogP contribution in [0.3, 0.4) is 0 Å². The van der Waals surface area contributed by atoms with E-state index in [4.69, 9.17) is 4.42 Å². The van der Waals surface area contributed by atoms with Crippen molar-refractivity contribution in [2.75, 3.05) is 31.9 Å². The van der Waals surface area contributed by atoms with Gasteiger partial charge in [0.05, 0.1) is 18.6 Å². The topological polar surface area (TPSA) is 91.1 Å². The van der Waals surface area contributed by atoms with Crippen molar-refractivity contribution in [2.45, 2.75) is 52.6 Å². The average Bonchev–Trinajstić information content (AvgIpc) is 3.37. The number of sulfonamides is 1. The molecule has 2 heterocycles. The van der Waals surface area contributed by atoms with Crippen molar-refractivity contribution in [3.05, 3.63) is 60.1 Å². The number of hydrogen-bond acceptors (Lipinski definition) is 5. The van der Waals surface area contributed by atoms with Crippen LogP contribution in [0.2, 0.25) is 0 Å². The molecule has 1 aromatic carbocycles. The zero-order valence-electron chi connectivity index (χ0n) is 20.9.